The number of carbonyl (C=O) groups is 4. The molecule has 2 amide bonds. The average molecular weight is 457 g/mol. The summed E-state index contributed by atoms with van der Waals surface area (Å²) < 4.78 is 0. The zero-order valence-electron chi connectivity index (χ0n) is 17.7. The number of nitrogens with zero attached hydrogens (tertiary/aromatic N) is 1. The Labute approximate surface area is 188 Å². The van der Waals surface area contributed by atoms with Gasteiger partial charge in [0.25, 0.3) is 17.5 Å². The van der Waals surface area contributed by atoms with Crippen LogP contribution in [0, 0.1) is 10.1 Å². The predicted octanol–water partition coefficient (Wildman–Crippen LogP) is 3.06. The lowest BCUT2D eigenvalue weighted by molar-refractivity contribution is -0.384. The number of amides is 2. The van der Waals surface area contributed by atoms with Crippen LogP contribution in [0.15, 0.2) is 42.5 Å². The molecule has 11 heteroatoms. The zero-order valence-corrected chi connectivity index (χ0v) is 17.7. The largest absolute Gasteiger partial charge is 0.478 e. The first kappa shape index (κ1) is 25.0. The molecule has 1 unspecified atom stereocenters. The quantitative estimate of drug-likeness (QED) is 0.172. The molecule has 11 nitrogen and oxygen atoms in total. The number of hydrogen-bond acceptors (Lipinski definition) is 6. The molecule has 0 aliphatic rings. The van der Waals surface area contributed by atoms with Crippen LogP contribution in [0.1, 0.15) is 74.0 Å². The SMILES string of the molecule is CCCCCC(NC(=O)c1ccccc1C(=O)O)NC(=O)c1ccc([N+](=O)[O-])cc1C(=O)O. The second-order valence-electron chi connectivity index (χ2n) is 7.14. The Kier molecular flexibility index (Phi) is 8.61. The normalized spacial score (nSPS) is 11.3. The number of carboxylic acid groups (broad SMARTS) is 2. The van der Waals surface area contributed by atoms with Crippen molar-refractivity contribution in [3.63, 3.8) is 0 Å². The molecule has 0 saturated carbocycles. The number of rotatable bonds is 11. The molecule has 2 aromatic rings. The molecule has 0 aromatic heterocycles. The highest BCUT2D eigenvalue weighted by Gasteiger charge is 2.24. The summed E-state index contributed by atoms with van der Waals surface area (Å²) in [5.41, 5.74) is -1.66. The predicted molar refractivity (Wildman–Crippen MR) is 116 cm³/mol. The van der Waals surface area contributed by atoms with Gasteiger partial charge in [-0.2, -0.15) is 0 Å². The lowest BCUT2D eigenvalue weighted by Gasteiger charge is -2.21. The minimum atomic E-state index is -1.52. The maximum absolute atomic E-state index is 12.8. The first-order valence-electron chi connectivity index (χ1n) is 10.1. The van der Waals surface area contributed by atoms with E-state index >= 15 is 0 Å². The van der Waals surface area contributed by atoms with Gasteiger partial charge in [-0.05, 0) is 31.0 Å². The van der Waals surface area contributed by atoms with Gasteiger partial charge in [0, 0.05) is 12.1 Å². The van der Waals surface area contributed by atoms with Crippen molar-refractivity contribution in [3.8, 4) is 0 Å². The minimum Gasteiger partial charge on any atom is -0.478 e. The van der Waals surface area contributed by atoms with Crippen LogP contribution in [0.2, 0.25) is 0 Å². The van der Waals surface area contributed by atoms with E-state index in [2.05, 4.69) is 10.6 Å². The van der Waals surface area contributed by atoms with Crippen molar-refractivity contribution < 1.29 is 34.3 Å². The summed E-state index contributed by atoms with van der Waals surface area (Å²) in [4.78, 5) is 58.6. The molecule has 0 aliphatic carbocycles. The summed E-state index contributed by atoms with van der Waals surface area (Å²) in [5.74, 6) is -4.39. The van der Waals surface area contributed by atoms with Crippen LogP contribution in [0.5, 0.6) is 0 Å². The molecule has 0 bridgehead atoms. The van der Waals surface area contributed by atoms with Gasteiger partial charge < -0.3 is 20.8 Å². The number of aromatic carboxylic acids is 2. The van der Waals surface area contributed by atoms with Gasteiger partial charge in [0.15, 0.2) is 0 Å². The third-order valence-electron chi connectivity index (χ3n) is 4.80. The Hall–Kier alpha value is -4.28. The number of nitrogens with one attached hydrogen (secondary N) is 2. The molecule has 4 N–H and O–H groups in total. The lowest BCUT2D eigenvalue weighted by Crippen LogP contribution is -2.48. The topological polar surface area (TPSA) is 176 Å². The highest BCUT2D eigenvalue weighted by atomic mass is 16.6. The zero-order chi connectivity index (χ0) is 24.5. The van der Waals surface area contributed by atoms with E-state index in [0.29, 0.717) is 12.8 Å². The van der Waals surface area contributed by atoms with Gasteiger partial charge in [0.2, 0.25) is 0 Å². The van der Waals surface area contributed by atoms with E-state index in [1.807, 2.05) is 6.92 Å². The van der Waals surface area contributed by atoms with Crippen LogP contribution in [0.4, 0.5) is 5.69 Å². The number of nitro benzene ring substituents is 1. The molecule has 2 aromatic carbocycles. The van der Waals surface area contributed by atoms with Gasteiger partial charge in [-0.15, -0.1) is 0 Å². The Bertz CT molecular complexity index is 1080. The monoisotopic (exact) mass is 457 g/mol. The summed E-state index contributed by atoms with van der Waals surface area (Å²) >= 11 is 0. The van der Waals surface area contributed by atoms with Gasteiger partial charge in [0.05, 0.1) is 27.2 Å². The van der Waals surface area contributed by atoms with Crippen molar-refractivity contribution in [1.82, 2.24) is 10.6 Å². The van der Waals surface area contributed by atoms with Crippen molar-refractivity contribution in [2.75, 3.05) is 0 Å². The van der Waals surface area contributed by atoms with E-state index in [-0.39, 0.29) is 16.7 Å². The Morgan fingerprint density at radius 3 is 1.94 bits per heavy atom. The number of hydrogen-bond donors (Lipinski definition) is 4. The fourth-order valence-corrected chi connectivity index (χ4v) is 3.14. The Morgan fingerprint density at radius 2 is 1.42 bits per heavy atom. The highest BCUT2D eigenvalue weighted by molar-refractivity contribution is 6.06. The average Bonchev–Trinajstić information content (AvgIpc) is 2.78. The van der Waals surface area contributed by atoms with E-state index in [0.717, 1.165) is 31.0 Å². The van der Waals surface area contributed by atoms with E-state index < -0.39 is 46.1 Å². The van der Waals surface area contributed by atoms with Crippen molar-refractivity contribution >= 4 is 29.4 Å². The van der Waals surface area contributed by atoms with Crippen LogP contribution < -0.4 is 10.6 Å². The Morgan fingerprint density at radius 1 is 0.879 bits per heavy atom. The van der Waals surface area contributed by atoms with Crippen molar-refractivity contribution in [3.05, 3.63) is 74.8 Å². The van der Waals surface area contributed by atoms with Crippen LogP contribution in [-0.4, -0.2) is 45.1 Å². The number of benzene rings is 2. The lowest BCUT2D eigenvalue weighted by atomic mass is 10.0. The third kappa shape index (κ3) is 6.60. The maximum atomic E-state index is 12.8. The van der Waals surface area contributed by atoms with Gasteiger partial charge in [-0.3, -0.25) is 19.7 Å². The molecular formula is C22H23N3O8. The number of carbonyl (C=O) groups excluding carboxylic acids is 2. The maximum Gasteiger partial charge on any atom is 0.336 e. The van der Waals surface area contributed by atoms with Gasteiger partial charge in [-0.1, -0.05) is 31.9 Å². The second-order valence-corrected chi connectivity index (χ2v) is 7.14. The van der Waals surface area contributed by atoms with Crippen molar-refractivity contribution in [2.24, 2.45) is 0 Å². The van der Waals surface area contributed by atoms with Gasteiger partial charge in [0.1, 0.15) is 6.17 Å². The van der Waals surface area contributed by atoms with Crippen molar-refractivity contribution in [1.29, 1.82) is 0 Å². The fraction of sp³-hybridized carbons (Fsp3) is 0.273. The first-order valence-corrected chi connectivity index (χ1v) is 10.1. The molecular weight excluding hydrogens is 434 g/mol. The molecule has 0 heterocycles. The van der Waals surface area contributed by atoms with Crippen LogP contribution >= 0.6 is 0 Å². The van der Waals surface area contributed by atoms with E-state index in [1.165, 1.54) is 24.3 Å². The van der Waals surface area contributed by atoms with Crippen LogP contribution in [-0.2, 0) is 0 Å². The smallest absolute Gasteiger partial charge is 0.336 e. The molecule has 0 aliphatic heterocycles. The molecule has 0 radical (unpaired) electrons. The fourth-order valence-electron chi connectivity index (χ4n) is 3.14. The van der Waals surface area contributed by atoms with Crippen molar-refractivity contribution in [2.45, 2.75) is 38.8 Å². The summed E-state index contributed by atoms with van der Waals surface area (Å²) in [6.45, 7) is 1.96. The summed E-state index contributed by atoms with van der Waals surface area (Å²) in [6, 6.07) is 8.41. The molecule has 174 valence electrons. The summed E-state index contributed by atoms with van der Waals surface area (Å²) in [6.07, 6.45) is 1.65. The van der Waals surface area contributed by atoms with Gasteiger partial charge in [-0.25, -0.2) is 9.59 Å². The number of unbranched alkanes of at least 4 members (excludes halogenated alkanes) is 2. The minimum absolute atomic E-state index is 0.0960. The summed E-state index contributed by atoms with van der Waals surface area (Å²) in [5, 5.41) is 34.7. The first-order chi connectivity index (χ1) is 15.6. The highest BCUT2D eigenvalue weighted by Crippen LogP contribution is 2.19. The van der Waals surface area contributed by atoms with E-state index in [1.54, 1.807) is 0 Å². The molecule has 0 spiro atoms. The van der Waals surface area contributed by atoms with E-state index in [9.17, 15) is 39.5 Å². The molecule has 2 rings (SSSR count). The molecule has 0 fully saturated rings. The van der Waals surface area contributed by atoms with Crippen LogP contribution in [0.3, 0.4) is 0 Å². The Balaban J connectivity index is 2.29. The molecule has 33 heavy (non-hydrogen) atoms. The summed E-state index contributed by atoms with van der Waals surface area (Å²) in [7, 11) is 0. The molecule has 1 atom stereocenters. The van der Waals surface area contributed by atoms with E-state index in [4.69, 9.17) is 0 Å². The third-order valence-corrected chi connectivity index (χ3v) is 4.80. The molecule has 0 saturated heterocycles. The second kappa shape index (κ2) is 11.4. The van der Waals surface area contributed by atoms with Gasteiger partial charge >= 0.3 is 11.9 Å². The number of carboxylic acids is 2. The number of nitro groups is 1. The van der Waals surface area contributed by atoms with Crippen LogP contribution in [0.25, 0.3) is 0 Å². The number of non-ortho nitro benzene ring substituents is 1. The standard InChI is InChI=1S/C22H23N3O8/c1-2-3-4-9-18(23-19(26)14-7-5-6-8-16(14)21(28)29)24-20(27)15-11-10-13(25(32)33)12-17(15)22(30)31/h5-8,10-12,18H,2-4,9H2,1H3,(H,23,26)(H,24,27)(H,28,29)(H,30,31).